The van der Waals surface area contributed by atoms with E-state index in [2.05, 4.69) is 15.6 Å². The van der Waals surface area contributed by atoms with E-state index in [4.69, 9.17) is 0 Å². The number of carbonyl (C=O) groups is 3. The van der Waals surface area contributed by atoms with Gasteiger partial charge in [-0.15, -0.1) is 0 Å². The van der Waals surface area contributed by atoms with Crippen LogP contribution in [0.2, 0.25) is 0 Å². The average molecular weight is 403 g/mol. The molecule has 1 aliphatic rings. The molecule has 1 atom stereocenters. The average Bonchev–Trinajstić information content (AvgIpc) is 3.01. The fraction of sp³-hybridized carbons (Fsp3) is 0.500. The summed E-state index contributed by atoms with van der Waals surface area (Å²) < 4.78 is 0.884. The van der Waals surface area contributed by atoms with Crippen LogP contribution in [0, 0.1) is 11.3 Å². The number of hydrogen-bond donors (Lipinski definition) is 2. The quantitative estimate of drug-likeness (QED) is 0.822. The fourth-order valence-corrected chi connectivity index (χ4v) is 4.22. The van der Waals surface area contributed by atoms with Crippen LogP contribution in [0.25, 0.3) is 10.2 Å². The lowest BCUT2D eigenvalue weighted by Crippen LogP contribution is -2.47. The highest BCUT2D eigenvalue weighted by Crippen LogP contribution is 2.30. The number of carbonyl (C=O) groups excluding carboxylic acids is 3. The van der Waals surface area contributed by atoms with E-state index in [1.165, 1.54) is 18.3 Å². The van der Waals surface area contributed by atoms with Gasteiger partial charge in [0.1, 0.15) is 0 Å². The van der Waals surface area contributed by atoms with E-state index in [1.807, 2.05) is 32.9 Å². The summed E-state index contributed by atoms with van der Waals surface area (Å²) in [5.41, 5.74) is 1.02. The second-order valence-corrected chi connectivity index (χ2v) is 9.24. The first kappa shape index (κ1) is 20.3. The van der Waals surface area contributed by atoms with E-state index >= 15 is 0 Å². The number of likely N-dealkylation sites (tertiary alicyclic amines) is 1. The Morgan fingerprint density at radius 3 is 2.64 bits per heavy atom. The van der Waals surface area contributed by atoms with Crippen LogP contribution in [-0.2, 0) is 14.4 Å². The molecule has 3 amide bonds. The first-order valence-electron chi connectivity index (χ1n) is 9.42. The maximum atomic E-state index is 12.7. The van der Waals surface area contributed by atoms with Gasteiger partial charge in [-0.2, -0.15) is 0 Å². The molecule has 2 heterocycles. The van der Waals surface area contributed by atoms with Gasteiger partial charge in [-0.25, -0.2) is 4.98 Å². The lowest BCUT2D eigenvalue weighted by molar-refractivity contribution is -0.142. The van der Waals surface area contributed by atoms with E-state index in [0.29, 0.717) is 23.9 Å². The van der Waals surface area contributed by atoms with Crippen molar-refractivity contribution in [2.45, 2.75) is 40.5 Å². The van der Waals surface area contributed by atoms with Crippen LogP contribution in [0.1, 0.15) is 40.5 Å². The lowest BCUT2D eigenvalue weighted by atomic mass is 9.91. The van der Waals surface area contributed by atoms with Gasteiger partial charge in [0.05, 0.1) is 16.1 Å². The molecule has 2 aromatic rings. The van der Waals surface area contributed by atoms with Gasteiger partial charge in [0.15, 0.2) is 5.13 Å². The zero-order chi connectivity index (χ0) is 20.5. The number of fused-ring (bicyclic) bond motifs is 1. The van der Waals surface area contributed by atoms with E-state index in [0.717, 1.165) is 23.1 Å². The van der Waals surface area contributed by atoms with Crippen molar-refractivity contribution in [3.8, 4) is 0 Å². The molecule has 1 aliphatic heterocycles. The molecule has 2 N–H and O–H groups in total. The number of amides is 3. The Labute approximate surface area is 168 Å². The maximum Gasteiger partial charge on any atom is 0.231 e. The molecule has 1 fully saturated rings. The zero-order valence-electron chi connectivity index (χ0n) is 16.7. The molecule has 3 rings (SSSR count). The molecule has 8 heteroatoms. The molecule has 0 spiro atoms. The van der Waals surface area contributed by atoms with Crippen molar-refractivity contribution in [2.24, 2.45) is 11.3 Å². The van der Waals surface area contributed by atoms with Gasteiger partial charge in [-0.1, -0.05) is 32.1 Å². The number of hydrogen-bond acceptors (Lipinski definition) is 5. The lowest BCUT2D eigenvalue weighted by Gasteiger charge is -2.35. The van der Waals surface area contributed by atoms with E-state index < -0.39 is 5.41 Å². The molecule has 0 bridgehead atoms. The van der Waals surface area contributed by atoms with Crippen LogP contribution in [-0.4, -0.2) is 40.7 Å². The van der Waals surface area contributed by atoms with E-state index in [-0.39, 0.29) is 23.6 Å². The number of aromatic nitrogens is 1. The first-order valence-corrected chi connectivity index (χ1v) is 10.2. The number of thiazole rings is 1. The van der Waals surface area contributed by atoms with Crippen molar-refractivity contribution in [1.29, 1.82) is 0 Å². The highest BCUT2D eigenvalue weighted by Gasteiger charge is 2.33. The van der Waals surface area contributed by atoms with Gasteiger partial charge in [0.25, 0.3) is 0 Å². The third kappa shape index (κ3) is 4.67. The minimum Gasteiger partial charge on any atom is -0.341 e. The van der Waals surface area contributed by atoms with Crippen LogP contribution in [0.3, 0.4) is 0 Å². The fourth-order valence-electron chi connectivity index (χ4n) is 3.32. The molecule has 0 radical (unpaired) electrons. The zero-order valence-corrected chi connectivity index (χ0v) is 17.5. The van der Waals surface area contributed by atoms with Crippen LogP contribution in [0.15, 0.2) is 18.2 Å². The molecule has 1 aromatic heterocycles. The number of piperidine rings is 1. The minimum atomic E-state index is -0.447. The molecule has 0 saturated carbocycles. The summed E-state index contributed by atoms with van der Waals surface area (Å²) in [4.78, 5) is 42.7. The summed E-state index contributed by atoms with van der Waals surface area (Å²) in [5, 5.41) is 6.17. The van der Waals surface area contributed by atoms with E-state index in [9.17, 15) is 14.4 Å². The first-order chi connectivity index (χ1) is 13.1. The summed E-state index contributed by atoms with van der Waals surface area (Å²) in [6.07, 6.45) is 1.58. The second kappa shape index (κ2) is 7.87. The Kier molecular flexibility index (Phi) is 5.69. The van der Waals surface area contributed by atoms with Crippen LogP contribution in [0.5, 0.6) is 0 Å². The number of nitrogens with zero attached hydrogens (tertiary/aromatic N) is 2. The Hall–Kier alpha value is -2.48. The largest absolute Gasteiger partial charge is 0.341 e. The summed E-state index contributed by atoms with van der Waals surface area (Å²) in [5.74, 6) is -0.394. The van der Waals surface area contributed by atoms with Gasteiger partial charge < -0.3 is 15.5 Å². The van der Waals surface area contributed by atoms with Crippen molar-refractivity contribution in [3.63, 3.8) is 0 Å². The summed E-state index contributed by atoms with van der Waals surface area (Å²) in [7, 11) is 0. The number of anilines is 2. The van der Waals surface area contributed by atoms with Gasteiger partial charge >= 0.3 is 0 Å². The summed E-state index contributed by atoms with van der Waals surface area (Å²) in [6.45, 7) is 8.30. The second-order valence-electron chi connectivity index (χ2n) is 8.21. The molecule has 1 saturated heterocycles. The summed E-state index contributed by atoms with van der Waals surface area (Å²) in [6, 6.07) is 5.44. The summed E-state index contributed by atoms with van der Waals surface area (Å²) >= 11 is 1.37. The molecular formula is C20H26N4O3S. The normalized spacial score (nSPS) is 17.4. The van der Waals surface area contributed by atoms with Crippen molar-refractivity contribution in [3.05, 3.63) is 18.2 Å². The highest BCUT2D eigenvalue weighted by atomic mass is 32.1. The molecule has 0 aliphatic carbocycles. The van der Waals surface area contributed by atoms with Crippen LogP contribution in [0.4, 0.5) is 10.8 Å². The smallest absolute Gasteiger partial charge is 0.231 e. The predicted octanol–water partition coefficient (Wildman–Crippen LogP) is 3.48. The monoisotopic (exact) mass is 402 g/mol. The molecular weight excluding hydrogens is 376 g/mol. The Bertz CT molecular complexity index is 916. The number of benzene rings is 1. The number of nitrogens with one attached hydrogen (secondary N) is 2. The van der Waals surface area contributed by atoms with Crippen LogP contribution < -0.4 is 10.6 Å². The van der Waals surface area contributed by atoms with Gasteiger partial charge in [0.2, 0.25) is 17.7 Å². The van der Waals surface area contributed by atoms with E-state index in [1.54, 1.807) is 11.0 Å². The van der Waals surface area contributed by atoms with Crippen molar-refractivity contribution in [2.75, 3.05) is 23.7 Å². The van der Waals surface area contributed by atoms with Gasteiger partial charge in [0, 0.05) is 31.1 Å². The third-order valence-electron chi connectivity index (χ3n) is 4.66. The Morgan fingerprint density at radius 1 is 1.21 bits per heavy atom. The Balaban J connectivity index is 1.68. The molecule has 1 unspecified atom stereocenters. The standard InChI is InChI=1S/C20H26N4O3S/c1-12(25)21-14-7-8-15-16(10-14)28-19(22-15)23-17(26)13-6-5-9-24(11-13)18(27)20(2,3)4/h7-8,10,13H,5-6,9,11H2,1-4H3,(H,21,25)(H,22,23,26). The van der Waals surface area contributed by atoms with Gasteiger partial charge in [-0.05, 0) is 31.0 Å². The van der Waals surface area contributed by atoms with Gasteiger partial charge in [-0.3, -0.25) is 14.4 Å². The molecule has 7 nitrogen and oxygen atoms in total. The topological polar surface area (TPSA) is 91.4 Å². The SMILES string of the molecule is CC(=O)Nc1ccc2nc(NC(=O)C3CCCN(C(=O)C(C)(C)C)C3)sc2c1. The van der Waals surface area contributed by atoms with Crippen molar-refractivity contribution < 1.29 is 14.4 Å². The van der Waals surface area contributed by atoms with Crippen molar-refractivity contribution >= 4 is 50.1 Å². The number of rotatable bonds is 3. The Morgan fingerprint density at radius 2 is 1.96 bits per heavy atom. The predicted molar refractivity (Wildman–Crippen MR) is 111 cm³/mol. The minimum absolute atomic E-state index is 0.0792. The third-order valence-corrected chi connectivity index (χ3v) is 5.59. The molecule has 1 aromatic carbocycles. The highest BCUT2D eigenvalue weighted by molar-refractivity contribution is 7.22. The maximum absolute atomic E-state index is 12.7. The van der Waals surface area contributed by atoms with Crippen molar-refractivity contribution in [1.82, 2.24) is 9.88 Å². The van der Waals surface area contributed by atoms with Crippen LogP contribution >= 0.6 is 11.3 Å². The molecule has 150 valence electrons. The molecule has 28 heavy (non-hydrogen) atoms.